The zero-order valence-electron chi connectivity index (χ0n) is 26.0. The van der Waals surface area contributed by atoms with Crippen molar-refractivity contribution in [3.63, 3.8) is 0 Å². The Kier molecular flexibility index (Phi) is 21.3. The molecule has 0 aromatic rings. The lowest BCUT2D eigenvalue weighted by Crippen LogP contribution is -2.26. The Morgan fingerprint density at radius 2 is 1.90 bits per heavy atom. The van der Waals surface area contributed by atoms with E-state index >= 15 is 0 Å². The molecule has 0 saturated carbocycles. The lowest BCUT2D eigenvalue weighted by Gasteiger charge is -2.26. The Morgan fingerprint density at radius 3 is 2.46 bits per heavy atom. The highest BCUT2D eigenvalue weighted by atomic mass is 19.1. The summed E-state index contributed by atoms with van der Waals surface area (Å²) in [6.45, 7) is 15.0. The molecule has 1 aliphatic rings. The fraction of sp³-hybridized carbons (Fsp3) is 0.657. The lowest BCUT2D eigenvalue weighted by molar-refractivity contribution is -0.107. The summed E-state index contributed by atoms with van der Waals surface area (Å²) in [7, 11) is 0. The van der Waals surface area contributed by atoms with Crippen LogP contribution in [0.1, 0.15) is 123 Å². The van der Waals surface area contributed by atoms with E-state index in [1.165, 1.54) is 24.8 Å². The van der Waals surface area contributed by atoms with E-state index in [1.807, 2.05) is 32.9 Å². The summed E-state index contributed by atoms with van der Waals surface area (Å²) in [6, 6.07) is 2.44. The maximum Gasteiger partial charge on any atom is 0.119 e. The maximum atomic E-state index is 13.5. The van der Waals surface area contributed by atoms with E-state index in [-0.39, 0.29) is 16.1 Å². The number of hydrogen-bond donors (Lipinski definition) is 1. The van der Waals surface area contributed by atoms with Gasteiger partial charge in [0.15, 0.2) is 0 Å². The van der Waals surface area contributed by atoms with Gasteiger partial charge in [-0.3, -0.25) is 0 Å². The molecule has 0 aromatic heterocycles. The van der Waals surface area contributed by atoms with Crippen LogP contribution in [0.3, 0.4) is 0 Å². The largest absolute Gasteiger partial charge is 0.328 e. The van der Waals surface area contributed by atoms with Gasteiger partial charge in [-0.2, -0.15) is 5.26 Å². The number of allylic oxidation sites excluding steroid dienone is 10. The van der Waals surface area contributed by atoms with E-state index in [4.69, 9.17) is 5.73 Å². The van der Waals surface area contributed by atoms with Crippen molar-refractivity contribution in [3.05, 3.63) is 59.0 Å². The third-order valence-corrected chi connectivity index (χ3v) is 7.42. The van der Waals surface area contributed by atoms with Gasteiger partial charge in [0.05, 0.1) is 6.07 Å². The quantitative estimate of drug-likeness (QED) is 0.0853. The van der Waals surface area contributed by atoms with Crippen molar-refractivity contribution in [1.29, 1.82) is 5.26 Å². The van der Waals surface area contributed by atoms with E-state index in [1.54, 1.807) is 12.2 Å². The minimum atomic E-state index is -0.0840. The highest BCUT2D eigenvalue weighted by molar-refractivity contribution is 5.48. The minimum absolute atomic E-state index is 0. The van der Waals surface area contributed by atoms with Crippen LogP contribution < -0.4 is 5.73 Å². The molecular formula is C35H63FN2O. The average Bonchev–Trinajstić information content (AvgIpc) is 2.90. The number of aldehydes is 1. The van der Waals surface area contributed by atoms with Crippen molar-refractivity contribution in [2.45, 2.75) is 125 Å². The number of hydrogen-bond acceptors (Lipinski definition) is 3. The zero-order chi connectivity index (χ0) is 29.6. The first-order valence-electron chi connectivity index (χ1n) is 15.2. The minimum Gasteiger partial charge on any atom is -0.328 e. The van der Waals surface area contributed by atoms with Crippen LogP contribution >= 0.6 is 0 Å². The second kappa shape index (κ2) is 22.6. The molecule has 0 heterocycles. The molecule has 1 aliphatic carbocycles. The Hall–Kier alpha value is -2.25. The van der Waals surface area contributed by atoms with E-state index < -0.39 is 0 Å². The van der Waals surface area contributed by atoms with Gasteiger partial charge >= 0.3 is 0 Å². The van der Waals surface area contributed by atoms with Gasteiger partial charge in [-0.25, -0.2) is 4.39 Å². The Bertz CT molecular complexity index is 887. The molecule has 4 atom stereocenters. The average molecular weight is 547 g/mol. The molecule has 0 aliphatic heterocycles. The number of nitrogens with zero attached hydrogens (tertiary/aromatic N) is 1. The van der Waals surface area contributed by atoms with Gasteiger partial charge in [-0.05, 0) is 113 Å². The highest BCUT2D eigenvalue weighted by Crippen LogP contribution is 2.29. The van der Waals surface area contributed by atoms with Crippen LogP contribution in [0.2, 0.25) is 0 Å². The van der Waals surface area contributed by atoms with Crippen molar-refractivity contribution in [2.24, 2.45) is 29.4 Å². The third-order valence-electron chi connectivity index (χ3n) is 7.42. The standard InChI is InChI=1S/C32H51FN2.C3H6O.3H2/c1-7-11-29(27(6)23-34)14-10-15-30(26(5)19-18-25(4)20-24(2)3)22-32(35)17-9-13-28-12-8-16-31(33)21-28;1-2-3-4;;;/h7,10-11,15-16,21,24-26,30,32H,8-9,12-14,17-20,22,35H2,1-6H3;3H,2H2,1H3;3*1H/b11-7-,15-10-,29-27-;;;;. The molecule has 2 N–H and O–H groups in total. The van der Waals surface area contributed by atoms with Crippen LogP contribution in [0.4, 0.5) is 4.39 Å². The number of carbonyl (C=O) groups is 1. The molecule has 0 amide bonds. The summed E-state index contributed by atoms with van der Waals surface area (Å²) in [5.41, 5.74) is 9.70. The maximum absolute atomic E-state index is 13.5. The summed E-state index contributed by atoms with van der Waals surface area (Å²) in [5, 5.41) is 9.31. The van der Waals surface area contributed by atoms with Gasteiger partial charge in [0, 0.05) is 22.3 Å². The fourth-order valence-corrected chi connectivity index (χ4v) is 5.15. The van der Waals surface area contributed by atoms with Gasteiger partial charge in [0.2, 0.25) is 0 Å². The number of halogens is 1. The summed E-state index contributed by atoms with van der Waals surface area (Å²) >= 11 is 0. The molecule has 3 nitrogen and oxygen atoms in total. The van der Waals surface area contributed by atoms with Crippen LogP contribution in [0.25, 0.3) is 0 Å². The van der Waals surface area contributed by atoms with E-state index in [0.29, 0.717) is 18.3 Å². The topological polar surface area (TPSA) is 66.9 Å². The smallest absolute Gasteiger partial charge is 0.119 e. The molecule has 0 saturated heterocycles. The van der Waals surface area contributed by atoms with Crippen LogP contribution in [0, 0.1) is 35.0 Å². The second-order valence-corrected chi connectivity index (χ2v) is 11.7. The third kappa shape index (κ3) is 18.6. The van der Waals surface area contributed by atoms with Crippen molar-refractivity contribution in [2.75, 3.05) is 0 Å². The summed E-state index contributed by atoms with van der Waals surface area (Å²) < 4.78 is 13.5. The summed E-state index contributed by atoms with van der Waals surface area (Å²) in [5.74, 6) is 2.40. The van der Waals surface area contributed by atoms with Crippen LogP contribution in [-0.4, -0.2) is 12.3 Å². The van der Waals surface area contributed by atoms with Gasteiger partial charge in [0.1, 0.15) is 12.1 Å². The first-order chi connectivity index (χ1) is 18.6. The van der Waals surface area contributed by atoms with Crippen LogP contribution in [0.5, 0.6) is 0 Å². The number of rotatable bonds is 17. The first-order valence-corrected chi connectivity index (χ1v) is 15.2. The summed E-state index contributed by atoms with van der Waals surface area (Å²) in [4.78, 5) is 9.17. The second-order valence-electron chi connectivity index (χ2n) is 11.7. The SMILES string of the molecule is C/C=C\C(C/C=C\C(CC(N)CCCC1=CC(F)=CCC1)C(C)CCC(C)CC(C)C)=C(/C)C#N.CCC=O.[HH].[HH].[HH]. The number of nitrogens with two attached hydrogens (primary N) is 1. The lowest BCUT2D eigenvalue weighted by atomic mass is 9.81. The van der Waals surface area contributed by atoms with Gasteiger partial charge in [0.25, 0.3) is 0 Å². The normalized spacial score (nSPS) is 17.5. The molecule has 0 bridgehead atoms. The first kappa shape index (κ1) is 36.8. The van der Waals surface area contributed by atoms with Gasteiger partial charge in [-0.15, -0.1) is 0 Å². The van der Waals surface area contributed by atoms with Crippen molar-refractivity contribution >= 4 is 6.29 Å². The van der Waals surface area contributed by atoms with E-state index in [2.05, 4.69) is 45.9 Å². The van der Waals surface area contributed by atoms with Crippen LogP contribution in [-0.2, 0) is 4.79 Å². The molecule has 0 radical (unpaired) electrons. The van der Waals surface area contributed by atoms with E-state index in [9.17, 15) is 14.4 Å². The molecule has 0 spiro atoms. The van der Waals surface area contributed by atoms with Crippen molar-refractivity contribution in [3.8, 4) is 6.07 Å². The van der Waals surface area contributed by atoms with Crippen molar-refractivity contribution in [1.82, 2.24) is 0 Å². The molecule has 1 rings (SSSR count). The molecule has 226 valence electrons. The molecule has 0 fully saturated rings. The summed E-state index contributed by atoms with van der Waals surface area (Å²) in [6.07, 6.45) is 23.8. The fourth-order valence-electron chi connectivity index (χ4n) is 5.15. The van der Waals surface area contributed by atoms with Crippen LogP contribution in [0.15, 0.2) is 59.0 Å². The van der Waals surface area contributed by atoms with Gasteiger partial charge < -0.3 is 10.5 Å². The Morgan fingerprint density at radius 1 is 1.21 bits per heavy atom. The van der Waals surface area contributed by atoms with Crippen molar-refractivity contribution < 1.29 is 13.5 Å². The predicted octanol–water partition coefficient (Wildman–Crippen LogP) is 10.9. The van der Waals surface area contributed by atoms with Gasteiger partial charge in [-0.1, -0.05) is 70.9 Å². The molecule has 4 unspecified atom stereocenters. The molecule has 0 aromatic carbocycles. The predicted molar refractivity (Wildman–Crippen MR) is 173 cm³/mol. The molecule has 4 heteroatoms. The number of carbonyl (C=O) groups excluding carboxylic acids is 1. The zero-order valence-corrected chi connectivity index (χ0v) is 26.0. The van der Waals surface area contributed by atoms with E-state index in [0.717, 1.165) is 74.2 Å². The molecular weight excluding hydrogens is 483 g/mol. The Balaban J connectivity index is -0.000000965. The number of nitriles is 1. The Labute approximate surface area is 244 Å². The molecule has 39 heavy (non-hydrogen) atoms. The monoisotopic (exact) mass is 546 g/mol. The highest BCUT2D eigenvalue weighted by Gasteiger charge is 2.19.